The summed E-state index contributed by atoms with van der Waals surface area (Å²) in [4.78, 5) is 21.9. The van der Waals surface area contributed by atoms with Crippen LogP contribution in [0.3, 0.4) is 0 Å². The van der Waals surface area contributed by atoms with Crippen LogP contribution < -0.4 is 4.90 Å². The standard InChI is InChI=1S/C26H26FN3OS/c1-3-29(4-2)17-18-30(26-28-24-22(27)11-8-12-23(24)32-26)25(31)21-15-13-20(14-16-21)19-9-6-5-7-10-19/h5-16H,3-4,17-18H2,1-2H3. The second-order valence-electron chi connectivity index (χ2n) is 7.51. The van der Waals surface area contributed by atoms with Crippen molar-refractivity contribution < 1.29 is 9.18 Å². The molecule has 0 atom stereocenters. The largest absolute Gasteiger partial charge is 0.302 e. The Labute approximate surface area is 191 Å². The van der Waals surface area contributed by atoms with Crippen LogP contribution in [-0.2, 0) is 0 Å². The number of amides is 1. The summed E-state index contributed by atoms with van der Waals surface area (Å²) in [5.41, 5.74) is 3.06. The van der Waals surface area contributed by atoms with Crippen LogP contribution in [0.15, 0.2) is 72.8 Å². The maximum absolute atomic E-state index is 14.2. The molecular formula is C26H26FN3OS. The van der Waals surface area contributed by atoms with E-state index in [1.165, 1.54) is 17.4 Å². The van der Waals surface area contributed by atoms with Gasteiger partial charge in [-0.2, -0.15) is 0 Å². The highest BCUT2D eigenvalue weighted by molar-refractivity contribution is 7.22. The molecule has 0 saturated carbocycles. The molecule has 1 amide bonds. The fourth-order valence-electron chi connectivity index (χ4n) is 3.68. The summed E-state index contributed by atoms with van der Waals surface area (Å²) in [7, 11) is 0. The van der Waals surface area contributed by atoms with Crippen LogP contribution in [0.4, 0.5) is 9.52 Å². The summed E-state index contributed by atoms with van der Waals surface area (Å²) in [6.45, 7) is 7.22. The highest BCUT2D eigenvalue weighted by Gasteiger charge is 2.22. The van der Waals surface area contributed by atoms with Crippen LogP contribution in [0, 0.1) is 5.82 Å². The molecule has 0 aliphatic carbocycles. The number of para-hydroxylation sites is 1. The van der Waals surface area contributed by atoms with E-state index in [-0.39, 0.29) is 11.7 Å². The van der Waals surface area contributed by atoms with E-state index in [2.05, 4.69) is 23.7 Å². The van der Waals surface area contributed by atoms with Gasteiger partial charge < -0.3 is 4.90 Å². The molecule has 0 fully saturated rings. The second-order valence-corrected chi connectivity index (χ2v) is 8.52. The molecular weight excluding hydrogens is 421 g/mol. The lowest BCUT2D eigenvalue weighted by Crippen LogP contribution is -2.38. The van der Waals surface area contributed by atoms with Gasteiger partial charge in [0.25, 0.3) is 5.91 Å². The molecule has 0 radical (unpaired) electrons. The summed E-state index contributed by atoms with van der Waals surface area (Å²) >= 11 is 1.34. The molecule has 6 heteroatoms. The van der Waals surface area contributed by atoms with Crippen molar-refractivity contribution in [3.8, 4) is 11.1 Å². The molecule has 1 heterocycles. The van der Waals surface area contributed by atoms with Gasteiger partial charge in [-0.15, -0.1) is 0 Å². The minimum Gasteiger partial charge on any atom is -0.302 e. The van der Waals surface area contributed by atoms with Gasteiger partial charge in [0.1, 0.15) is 11.3 Å². The lowest BCUT2D eigenvalue weighted by molar-refractivity contribution is 0.0984. The molecule has 4 aromatic rings. The van der Waals surface area contributed by atoms with Crippen LogP contribution in [-0.4, -0.2) is 42.0 Å². The topological polar surface area (TPSA) is 36.4 Å². The second kappa shape index (κ2) is 10.0. The number of thiazole rings is 1. The number of benzene rings is 3. The monoisotopic (exact) mass is 447 g/mol. The number of carbonyl (C=O) groups excluding carboxylic acids is 1. The molecule has 1 aromatic heterocycles. The van der Waals surface area contributed by atoms with Crippen LogP contribution in [0.25, 0.3) is 21.3 Å². The van der Waals surface area contributed by atoms with Crippen LogP contribution in [0.5, 0.6) is 0 Å². The number of anilines is 1. The van der Waals surface area contributed by atoms with E-state index in [4.69, 9.17) is 0 Å². The number of hydrogen-bond acceptors (Lipinski definition) is 4. The minimum atomic E-state index is -0.367. The smallest absolute Gasteiger partial charge is 0.260 e. The number of rotatable bonds is 8. The number of halogens is 1. The Kier molecular flexibility index (Phi) is 6.93. The summed E-state index contributed by atoms with van der Waals surface area (Å²) in [5, 5.41) is 0.523. The maximum atomic E-state index is 14.2. The normalized spacial score (nSPS) is 11.2. The quantitative estimate of drug-likeness (QED) is 0.328. The first kappa shape index (κ1) is 22.1. The van der Waals surface area contributed by atoms with E-state index in [0.717, 1.165) is 35.5 Å². The van der Waals surface area contributed by atoms with E-state index in [1.807, 2.05) is 60.7 Å². The molecule has 4 nitrogen and oxygen atoms in total. The van der Waals surface area contributed by atoms with E-state index >= 15 is 0 Å². The minimum absolute atomic E-state index is 0.128. The van der Waals surface area contributed by atoms with Gasteiger partial charge in [0, 0.05) is 18.7 Å². The van der Waals surface area contributed by atoms with Crippen molar-refractivity contribution in [1.29, 1.82) is 0 Å². The zero-order valence-corrected chi connectivity index (χ0v) is 19.1. The predicted molar refractivity (Wildman–Crippen MR) is 131 cm³/mol. The van der Waals surface area contributed by atoms with Gasteiger partial charge in [-0.05, 0) is 48.5 Å². The number of hydrogen-bond donors (Lipinski definition) is 0. The van der Waals surface area contributed by atoms with Crippen molar-refractivity contribution in [2.24, 2.45) is 0 Å². The summed E-state index contributed by atoms with van der Waals surface area (Å²) in [5.74, 6) is -0.496. The molecule has 0 aliphatic heterocycles. The fraction of sp³-hybridized carbons (Fsp3) is 0.231. The number of fused-ring (bicyclic) bond motifs is 1. The molecule has 0 bridgehead atoms. The van der Waals surface area contributed by atoms with Crippen molar-refractivity contribution >= 4 is 32.6 Å². The molecule has 0 saturated heterocycles. The van der Waals surface area contributed by atoms with Crippen molar-refractivity contribution in [1.82, 2.24) is 9.88 Å². The summed E-state index contributed by atoms with van der Waals surface area (Å²) in [6.07, 6.45) is 0. The Hall–Kier alpha value is -3.09. The van der Waals surface area contributed by atoms with Crippen molar-refractivity contribution in [3.05, 3.63) is 84.2 Å². The van der Waals surface area contributed by atoms with Crippen LogP contribution in [0.1, 0.15) is 24.2 Å². The lowest BCUT2D eigenvalue weighted by Gasteiger charge is -2.24. The lowest BCUT2D eigenvalue weighted by atomic mass is 10.0. The van der Waals surface area contributed by atoms with Crippen molar-refractivity contribution in [3.63, 3.8) is 0 Å². The summed E-state index contributed by atoms with van der Waals surface area (Å²) in [6, 6.07) is 22.6. The zero-order valence-electron chi connectivity index (χ0n) is 18.3. The SMILES string of the molecule is CCN(CC)CCN(C(=O)c1ccc(-c2ccccc2)cc1)c1nc2c(F)cccc2s1. The first-order valence-corrected chi connectivity index (χ1v) is 11.7. The number of nitrogens with zero attached hydrogens (tertiary/aromatic N) is 3. The Morgan fingerprint density at radius 1 is 0.875 bits per heavy atom. The van der Waals surface area contributed by atoms with Gasteiger partial charge in [0.05, 0.1) is 4.70 Å². The zero-order chi connectivity index (χ0) is 22.5. The Bertz CT molecular complexity index is 1190. The highest BCUT2D eigenvalue weighted by atomic mass is 32.1. The maximum Gasteiger partial charge on any atom is 0.260 e. The van der Waals surface area contributed by atoms with Gasteiger partial charge in [-0.25, -0.2) is 9.37 Å². The Balaban J connectivity index is 1.65. The molecule has 4 rings (SSSR count). The first-order chi connectivity index (χ1) is 15.6. The third kappa shape index (κ3) is 4.71. The summed E-state index contributed by atoms with van der Waals surface area (Å²) < 4.78 is 15.0. The Morgan fingerprint density at radius 3 is 2.22 bits per heavy atom. The molecule has 0 unspecified atom stereocenters. The molecule has 0 N–H and O–H groups in total. The first-order valence-electron chi connectivity index (χ1n) is 10.9. The van der Waals surface area contributed by atoms with Gasteiger partial charge >= 0.3 is 0 Å². The van der Waals surface area contributed by atoms with E-state index < -0.39 is 0 Å². The Morgan fingerprint density at radius 2 is 1.56 bits per heavy atom. The number of likely N-dealkylation sites (N-methyl/N-ethyl adjacent to an activating group) is 1. The van der Waals surface area contributed by atoms with Crippen molar-refractivity contribution in [2.45, 2.75) is 13.8 Å². The third-order valence-corrected chi connectivity index (χ3v) is 6.65. The molecule has 164 valence electrons. The average molecular weight is 448 g/mol. The predicted octanol–water partition coefficient (Wildman–Crippen LogP) is 6.09. The van der Waals surface area contributed by atoms with Gasteiger partial charge in [0.15, 0.2) is 5.13 Å². The molecule has 0 spiro atoms. The van der Waals surface area contributed by atoms with E-state index in [1.54, 1.807) is 11.0 Å². The fourth-order valence-corrected chi connectivity index (χ4v) is 4.68. The third-order valence-electron chi connectivity index (χ3n) is 5.61. The molecule has 0 aliphatic rings. The molecule has 3 aromatic carbocycles. The van der Waals surface area contributed by atoms with Crippen LogP contribution in [0.2, 0.25) is 0 Å². The van der Waals surface area contributed by atoms with Gasteiger partial charge in [0.2, 0.25) is 0 Å². The number of aromatic nitrogens is 1. The average Bonchev–Trinajstić information content (AvgIpc) is 3.28. The highest BCUT2D eigenvalue weighted by Crippen LogP contribution is 2.31. The number of carbonyl (C=O) groups is 1. The van der Waals surface area contributed by atoms with E-state index in [9.17, 15) is 9.18 Å². The van der Waals surface area contributed by atoms with Gasteiger partial charge in [-0.3, -0.25) is 9.69 Å². The van der Waals surface area contributed by atoms with Crippen molar-refractivity contribution in [2.75, 3.05) is 31.1 Å². The van der Waals surface area contributed by atoms with Gasteiger partial charge in [-0.1, -0.05) is 73.7 Å². The van der Waals surface area contributed by atoms with Crippen LogP contribution >= 0.6 is 11.3 Å². The van der Waals surface area contributed by atoms with E-state index in [0.29, 0.717) is 22.8 Å². The molecule has 32 heavy (non-hydrogen) atoms.